The van der Waals surface area contributed by atoms with Crippen molar-refractivity contribution >= 4 is 31.1 Å². The predicted molar refractivity (Wildman–Crippen MR) is 127 cm³/mol. The number of para-hydroxylation sites is 1. The minimum absolute atomic E-state index is 0.0767. The summed E-state index contributed by atoms with van der Waals surface area (Å²) in [5.74, 6) is -0.756. The van der Waals surface area contributed by atoms with Gasteiger partial charge in [-0.1, -0.05) is 42.5 Å². The number of rotatable bonds is 11. The number of carbonyl (C=O) groups excluding carboxylic acids is 1. The summed E-state index contributed by atoms with van der Waals surface area (Å²) in [5, 5.41) is 9.89. The number of aliphatic hydroxyl groups is 1. The minimum Gasteiger partial charge on any atom is -0.460 e. The van der Waals surface area contributed by atoms with Gasteiger partial charge in [-0.2, -0.15) is 10.1 Å². The van der Waals surface area contributed by atoms with E-state index in [1.54, 1.807) is 18.2 Å². The Kier molecular flexibility index (Phi) is 8.88. The molecule has 0 aliphatic carbocycles. The molecule has 2 aromatic rings. The highest BCUT2D eigenvalue weighted by Gasteiger charge is 2.58. The number of nitrogens with two attached hydrogens (primary N) is 1. The molecule has 0 unspecified atom stereocenters. The first kappa shape index (κ1) is 27.8. The summed E-state index contributed by atoms with van der Waals surface area (Å²) in [6.07, 6.45) is -2.87. The standard InChI is InChI=1S/C21H25ClFN4O8P/c1-3-11-32-18(29)13(2)26-36(31,35-14-7-5-4-6-8-14)33-12-15-17(28)21(22,23)19(34-15)27-10-9-16(24)25-20(27)30/h3-10,13,15,17,19,28H,1,11-12H2,2H3,(H,26,31)(H2,24,25,30)/t13-,15+,17+,19+,21+,36-/m0/s1. The van der Waals surface area contributed by atoms with Gasteiger partial charge in [-0.15, -0.1) is 0 Å². The molecule has 2 heterocycles. The van der Waals surface area contributed by atoms with Crippen LogP contribution in [0.3, 0.4) is 0 Å². The maximum Gasteiger partial charge on any atom is 0.459 e. The van der Waals surface area contributed by atoms with Crippen molar-refractivity contribution in [2.45, 2.75) is 36.5 Å². The number of halogens is 2. The highest BCUT2D eigenvalue weighted by molar-refractivity contribution is 7.52. The Balaban J connectivity index is 1.78. The van der Waals surface area contributed by atoms with Crippen molar-refractivity contribution < 1.29 is 37.4 Å². The van der Waals surface area contributed by atoms with E-state index in [1.165, 1.54) is 31.2 Å². The van der Waals surface area contributed by atoms with Crippen LogP contribution in [0.5, 0.6) is 5.75 Å². The second-order valence-corrected chi connectivity index (χ2v) is 9.93. The number of carbonyl (C=O) groups is 1. The lowest BCUT2D eigenvalue weighted by atomic mass is 10.1. The summed E-state index contributed by atoms with van der Waals surface area (Å²) < 4.78 is 50.7. The van der Waals surface area contributed by atoms with Crippen molar-refractivity contribution in [1.82, 2.24) is 14.6 Å². The number of anilines is 1. The summed E-state index contributed by atoms with van der Waals surface area (Å²) in [7, 11) is -4.34. The third-order valence-electron chi connectivity index (χ3n) is 4.91. The number of nitrogens with one attached hydrogen (secondary N) is 1. The molecule has 0 radical (unpaired) electrons. The van der Waals surface area contributed by atoms with Crippen LogP contribution >= 0.6 is 19.3 Å². The second kappa shape index (κ2) is 11.5. The van der Waals surface area contributed by atoms with Gasteiger partial charge in [-0.25, -0.2) is 13.8 Å². The molecule has 15 heteroatoms. The van der Waals surface area contributed by atoms with Gasteiger partial charge in [0.15, 0.2) is 6.23 Å². The number of nitrogen functional groups attached to an aromatic ring is 1. The van der Waals surface area contributed by atoms with Crippen LogP contribution in [0.25, 0.3) is 0 Å². The average molecular weight is 547 g/mol. The second-order valence-electron chi connectivity index (χ2n) is 7.66. The van der Waals surface area contributed by atoms with Crippen molar-refractivity contribution in [2.24, 2.45) is 0 Å². The largest absolute Gasteiger partial charge is 0.460 e. The third-order valence-corrected chi connectivity index (χ3v) is 6.96. The van der Waals surface area contributed by atoms with E-state index in [2.05, 4.69) is 16.7 Å². The topological polar surface area (TPSA) is 164 Å². The molecular weight excluding hydrogens is 522 g/mol. The van der Waals surface area contributed by atoms with Crippen LogP contribution in [0.4, 0.5) is 10.2 Å². The van der Waals surface area contributed by atoms with Crippen LogP contribution in [-0.4, -0.2) is 57.2 Å². The normalized spacial score (nSPS) is 26.1. The van der Waals surface area contributed by atoms with Crippen molar-refractivity contribution in [2.75, 3.05) is 18.9 Å². The summed E-state index contributed by atoms with van der Waals surface area (Å²) >= 11 is 5.88. The maximum atomic E-state index is 15.2. The lowest BCUT2D eigenvalue weighted by Gasteiger charge is -2.24. The van der Waals surface area contributed by atoms with Crippen molar-refractivity contribution in [3.63, 3.8) is 0 Å². The monoisotopic (exact) mass is 546 g/mol. The number of aromatic nitrogens is 2. The van der Waals surface area contributed by atoms with Crippen LogP contribution < -0.4 is 21.0 Å². The quantitative estimate of drug-likeness (QED) is 0.163. The molecule has 6 atom stereocenters. The number of nitrogens with zero attached hydrogens (tertiary/aromatic N) is 2. The molecule has 3 rings (SSSR count). The zero-order valence-electron chi connectivity index (χ0n) is 19.0. The number of hydrogen-bond donors (Lipinski definition) is 3. The zero-order chi connectivity index (χ0) is 26.5. The Labute approximate surface area is 210 Å². The molecule has 4 N–H and O–H groups in total. The van der Waals surface area contributed by atoms with Crippen LogP contribution in [-0.2, 0) is 23.4 Å². The lowest BCUT2D eigenvalue weighted by molar-refractivity contribution is -0.144. The highest BCUT2D eigenvalue weighted by Crippen LogP contribution is 2.48. The molecule has 0 amide bonds. The Bertz CT molecular complexity index is 1180. The molecule has 36 heavy (non-hydrogen) atoms. The van der Waals surface area contributed by atoms with E-state index in [-0.39, 0.29) is 18.2 Å². The van der Waals surface area contributed by atoms with Gasteiger partial charge in [0.2, 0.25) is 0 Å². The Hall–Kier alpha value is -2.80. The van der Waals surface area contributed by atoms with Crippen molar-refractivity contribution in [3.05, 3.63) is 65.7 Å². The molecule has 1 aliphatic rings. The fourth-order valence-corrected chi connectivity index (χ4v) is 4.95. The molecule has 1 saturated heterocycles. The number of esters is 1. The predicted octanol–water partition coefficient (Wildman–Crippen LogP) is 1.90. The third kappa shape index (κ3) is 6.49. The molecule has 1 fully saturated rings. The molecule has 1 aliphatic heterocycles. The van der Waals surface area contributed by atoms with E-state index in [4.69, 9.17) is 35.9 Å². The summed E-state index contributed by atoms with van der Waals surface area (Å²) in [6.45, 7) is 4.01. The van der Waals surface area contributed by atoms with Gasteiger partial charge < -0.3 is 24.8 Å². The SMILES string of the molecule is C=CCOC(=O)[C@H](C)N[P@](=O)(OC[C@H]1O[C@@H](n2ccc(N)nc2=O)[C@@](F)(Cl)[C@@H]1O)Oc1ccccc1. The average Bonchev–Trinajstić information content (AvgIpc) is 3.05. The number of ether oxygens (including phenoxy) is 2. The van der Waals surface area contributed by atoms with Gasteiger partial charge in [-0.3, -0.25) is 13.9 Å². The first-order chi connectivity index (χ1) is 17.0. The molecule has 1 aromatic heterocycles. The Morgan fingerprint density at radius 1 is 1.47 bits per heavy atom. The van der Waals surface area contributed by atoms with Gasteiger partial charge in [0.1, 0.15) is 36.4 Å². The number of benzene rings is 1. The molecule has 196 valence electrons. The van der Waals surface area contributed by atoms with E-state index in [9.17, 15) is 19.3 Å². The van der Waals surface area contributed by atoms with Crippen LogP contribution in [0, 0.1) is 0 Å². The number of hydrogen-bond acceptors (Lipinski definition) is 10. The van der Waals surface area contributed by atoms with Gasteiger partial charge in [-0.05, 0) is 25.1 Å². The summed E-state index contributed by atoms with van der Waals surface area (Å²) in [6, 6.07) is 7.95. The van der Waals surface area contributed by atoms with Crippen LogP contribution in [0.2, 0.25) is 0 Å². The maximum absolute atomic E-state index is 15.2. The fourth-order valence-electron chi connectivity index (χ4n) is 3.15. The first-order valence-electron chi connectivity index (χ1n) is 10.6. The highest BCUT2D eigenvalue weighted by atomic mass is 35.5. The van der Waals surface area contributed by atoms with E-state index < -0.39 is 55.6 Å². The van der Waals surface area contributed by atoms with Crippen molar-refractivity contribution in [3.8, 4) is 5.75 Å². The number of alkyl halides is 2. The van der Waals surface area contributed by atoms with Crippen molar-refractivity contribution in [1.29, 1.82) is 0 Å². The molecule has 0 spiro atoms. The molecule has 0 saturated carbocycles. The molecule has 0 bridgehead atoms. The Morgan fingerprint density at radius 3 is 2.81 bits per heavy atom. The lowest BCUT2D eigenvalue weighted by Crippen LogP contribution is -2.41. The zero-order valence-corrected chi connectivity index (χ0v) is 20.7. The molecule has 1 aromatic carbocycles. The number of aliphatic hydroxyl groups excluding tert-OH is 1. The smallest absolute Gasteiger partial charge is 0.459 e. The van der Waals surface area contributed by atoms with E-state index in [0.29, 0.717) is 4.57 Å². The molecule has 12 nitrogen and oxygen atoms in total. The van der Waals surface area contributed by atoms with E-state index in [1.807, 2.05) is 0 Å². The van der Waals surface area contributed by atoms with Gasteiger partial charge >= 0.3 is 19.4 Å². The van der Waals surface area contributed by atoms with E-state index >= 15 is 4.39 Å². The minimum atomic E-state index is -4.34. The first-order valence-corrected chi connectivity index (χ1v) is 12.5. The Morgan fingerprint density at radius 2 is 2.17 bits per heavy atom. The van der Waals surface area contributed by atoms with Gasteiger partial charge in [0.25, 0.3) is 5.13 Å². The van der Waals surface area contributed by atoms with Crippen LogP contribution in [0.15, 0.2) is 60.0 Å². The fraction of sp³-hybridized carbons (Fsp3) is 0.381. The summed E-state index contributed by atoms with van der Waals surface area (Å²) in [5.41, 5.74) is 4.47. The van der Waals surface area contributed by atoms with Gasteiger partial charge in [0, 0.05) is 6.20 Å². The molecular formula is C21H25ClFN4O8P. The van der Waals surface area contributed by atoms with Gasteiger partial charge in [0.05, 0.1) is 6.61 Å². The summed E-state index contributed by atoms with van der Waals surface area (Å²) in [4.78, 5) is 27.8. The van der Waals surface area contributed by atoms with Crippen LogP contribution in [0.1, 0.15) is 13.2 Å². The van der Waals surface area contributed by atoms with E-state index in [0.717, 1.165) is 6.20 Å².